The monoisotopic (exact) mass is 320 g/mol. The first-order chi connectivity index (χ1) is 12.4. The van der Waals surface area contributed by atoms with Crippen LogP contribution in [0.25, 0.3) is 44.2 Å². The van der Waals surface area contributed by atoms with E-state index in [1.807, 2.05) is 12.1 Å². The van der Waals surface area contributed by atoms with Crippen LogP contribution in [0.1, 0.15) is 0 Å². The summed E-state index contributed by atoms with van der Waals surface area (Å²) in [5.74, 6) is 0. The summed E-state index contributed by atoms with van der Waals surface area (Å²) in [5, 5.41) is 2.32. The normalized spacial score (nSPS) is 11.2. The van der Waals surface area contributed by atoms with E-state index in [1.165, 1.54) is 22.3 Å². The van der Waals surface area contributed by atoms with Gasteiger partial charge < -0.3 is 4.42 Å². The van der Waals surface area contributed by atoms with Crippen LogP contribution in [0.15, 0.2) is 101 Å². The first kappa shape index (κ1) is 14.1. The van der Waals surface area contributed by atoms with Gasteiger partial charge in [-0.15, -0.1) is 0 Å². The van der Waals surface area contributed by atoms with Gasteiger partial charge in [0.25, 0.3) is 0 Å². The number of hydrogen-bond acceptors (Lipinski definition) is 1. The van der Waals surface area contributed by atoms with Crippen molar-refractivity contribution in [3.63, 3.8) is 0 Å². The van der Waals surface area contributed by atoms with Crippen LogP contribution in [-0.4, -0.2) is 0 Å². The molecule has 1 aromatic heterocycles. The van der Waals surface area contributed by atoms with Gasteiger partial charge in [-0.3, -0.25) is 0 Å². The fourth-order valence-electron chi connectivity index (χ4n) is 3.40. The van der Waals surface area contributed by atoms with Gasteiger partial charge in [-0.2, -0.15) is 0 Å². The third-order valence-corrected chi connectivity index (χ3v) is 4.69. The van der Waals surface area contributed by atoms with Gasteiger partial charge in [0.15, 0.2) is 0 Å². The van der Waals surface area contributed by atoms with Crippen LogP contribution in [-0.2, 0) is 0 Å². The second-order valence-electron chi connectivity index (χ2n) is 6.26. The van der Waals surface area contributed by atoms with Crippen LogP contribution < -0.4 is 0 Å². The maximum atomic E-state index is 6.11. The average Bonchev–Trinajstić information content (AvgIpc) is 3.06. The molecule has 25 heavy (non-hydrogen) atoms. The smallest absolute Gasteiger partial charge is 0.136 e. The molecule has 0 unspecified atom stereocenters. The molecule has 0 saturated heterocycles. The number of fused-ring (bicyclic) bond motifs is 3. The molecule has 5 aromatic rings. The first-order valence-electron chi connectivity index (χ1n) is 8.46. The molecule has 0 spiro atoms. The van der Waals surface area contributed by atoms with E-state index in [4.69, 9.17) is 4.42 Å². The zero-order chi connectivity index (χ0) is 16.6. The van der Waals surface area contributed by atoms with Crippen LogP contribution in [0.5, 0.6) is 0 Å². The molecule has 5 rings (SSSR count). The Morgan fingerprint density at radius 1 is 0.400 bits per heavy atom. The molecule has 1 heterocycles. The predicted octanol–water partition coefficient (Wildman–Crippen LogP) is 6.92. The highest BCUT2D eigenvalue weighted by Crippen LogP contribution is 2.34. The molecule has 0 fully saturated rings. The summed E-state index contributed by atoms with van der Waals surface area (Å²) < 4.78 is 6.11. The number of rotatable bonds is 2. The molecule has 0 bridgehead atoms. The lowest BCUT2D eigenvalue weighted by molar-refractivity contribution is 0.669. The number of hydrogen-bond donors (Lipinski definition) is 0. The zero-order valence-electron chi connectivity index (χ0n) is 13.6. The fourth-order valence-corrected chi connectivity index (χ4v) is 3.40. The largest absolute Gasteiger partial charge is 0.456 e. The van der Waals surface area contributed by atoms with Crippen molar-refractivity contribution in [1.82, 2.24) is 0 Å². The van der Waals surface area contributed by atoms with Gasteiger partial charge in [-0.1, -0.05) is 72.8 Å². The molecule has 0 aliphatic rings. The van der Waals surface area contributed by atoms with Gasteiger partial charge in [-0.25, -0.2) is 0 Å². The van der Waals surface area contributed by atoms with E-state index in [0.717, 1.165) is 21.9 Å². The second-order valence-corrected chi connectivity index (χ2v) is 6.26. The summed E-state index contributed by atoms with van der Waals surface area (Å²) in [4.78, 5) is 0. The Labute approximate surface area is 146 Å². The van der Waals surface area contributed by atoms with Gasteiger partial charge in [0.1, 0.15) is 11.2 Å². The molecule has 1 nitrogen and oxygen atoms in total. The highest BCUT2D eigenvalue weighted by molar-refractivity contribution is 6.07. The van der Waals surface area contributed by atoms with Gasteiger partial charge in [0, 0.05) is 10.8 Å². The van der Waals surface area contributed by atoms with Crippen molar-refractivity contribution in [1.29, 1.82) is 0 Å². The van der Waals surface area contributed by atoms with Crippen LogP contribution in [0, 0.1) is 0 Å². The molecule has 118 valence electrons. The van der Waals surface area contributed by atoms with Gasteiger partial charge in [0.05, 0.1) is 0 Å². The minimum Gasteiger partial charge on any atom is -0.456 e. The van der Waals surface area contributed by atoms with E-state index >= 15 is 0 Å². The fraction of sp³-hybridized carbons (Fsp3) is 0. The van der Waals surface area contributed by atoms with E-state index < -0.39 is 0 Å². The van der Waals surface area contributed by atoms with E-state index in [-0.39, 0.29) is 0 Å². The Hall–Kier alpha value is -3.32. The van der Waals surface area contributed by atoms with Gasteiger partial charge >= 0.3 is 0 Å². The molecule has 1 heteroatoms. The van der Waals surface area contributed by atoms with Crippen LogP contribution in [0.2, 0.25) is 0 Å². The Balaban J connectivity index is 1.69. The lowest BCUT2D eigenvalue weighted by Crippen LogP contribution is -1.77. The lowest BCUT2D eigenvalue weighted by atomic mass is 10.0. The Bertz CT molecular complexity index is 1170. The first-order valence-corrected chi connectivity index (χ1v) is 8.46. The third kappa shape index (κ3) is 2.41. The summed E-state index contributed by atoms with van der Waals surface area (Å²) >= 11 is 0. The second kappa shape index (κ2) is 5.64. The molecule has 0 amide bonds. The van der Waals surface area contributed by atoms with Crippen LogP contribution in [0.3, 0.4) is 0 Å². The molecule has 0 radical (unpaired) electrons. The van der Waals surface area contributed by atoms with Crippen molar-refractivity contribution in [3.05, 3.63) is 97.1 Å². The maximum absolute atomic E-state index is 6.11. The molecule has 0 saturated carbocycles. The third-order valence-electron chi connectivity index (χ3n) is 4.69. The average molecular weight is 320 g/mol. The SMILES string of the molecule is c1ccc(-c2ccc3c(c2)oc2ccc(-c4ccccc4)cc23)cc1. The summed E-state index contributed by atoms with van der Waals surface area (Å²) in [7, 11) is 0. The van der Waals surface area contributed by atoms with Crippen molar-refractivity contribution in [2.24, 2.45) is 0 Å². The lowest BCUT2D eigenvalue weighted by Gasteiger charge is -2.02. The molecule has 0 aliphatic carbocycles. The summed E-state index contributed by atoms with van der Waals surface area (Å²) in [6.45, 7) is 0. The molecular formula is C24H16O. The molecule has 4 aromatic carbocycles. The van der Waals surface area contributed by atoms with Crippen molar-refractivity contribution in [2.45, 2.75) is 0 Å². The quantitative estimate of drug-likeness (QED) is 0.344. The standard InChI is InChI=1S/C24H16O/c1-3-7-17(8-4-1)19-12-14-23-22(15-19)21-13-11-20(16-24(21)25-23)18-9-5-2-6-10-18/h1-16H. The summed E-state index contributed by atoms with van der Waals surface area (Å²) in [5.41, 5.74) is 6.68. The zero-order valence-corrected chi connectivity index (χ0v) is 13.6. The summed E-state index contributed by atoms with van der Waals surface area (Å²) in [6.07, 6.45) is 0. The molecule has 0 aliphatic heterocycles. The molecule has 0 atom stereocenters. The highest BCUT2D eigenvalue weighted by atomic mass is 16.3. The van der Waals surface area contributed by atoms with Gasteiger partial charge in [0.2, 0.25) is 0 Å². The van der Waals surface area contributed by atoms with Crippen molar-refractivity contribution in [2.75, 3.05) is 0 Å². The van der Waals surface area contributed by atoms with E-state index in [1.54, 1.807) is 0 Å². The Morgan fingerprint density at radius 2 is 1.00 bits per heavy atom. The molecule has 0 N–H and O–H groups in total. The maximum Gasteiger partial charge on any atom is 0.136 e. The predicted molar refractivity (Wildman–Crippen MR) is 105 cm³/mol. The number of furan rings is 1. The van der Waals surface area contributed by atoms with Crippen molar-refractivity contribution < 1.29 is 4.42 Å². The minimum atomic E-state index is 0.930. The van der Waals surface area contributed by atoms with Gasteiger partial charge in [-0.05, 0) is 46.5 Å². The minimum absolute atomic E-state index is 0.930. The topological polar surface area (TPSA) is 13.1 Å². The molecular weight excluding hydrogens is 304 g/mol. The van der Waals surface area contributed by atoms with E-state index in [9.17, 15) is 0 Å². The van der Waals surface area contributed by atoms with E-state index in [2.05, 4.69) is 84.9 Å². The van der Waals surface area contributed by atoms with Crippen molar-refractivity contribution in [3.8, 4) is 22.3 Å². The van der Waals surface area contributed by atoms with Crippen molar-refractivity contribution >= 4 is 21.9 Å². The van der Waals surface area contributed by atoms with Crippen LogP contribution in [0.4, 0.5) is 0 Å². The Morgan fingerprint density at radius 3 is 1.68 bits per heavy atom. The van der Waals surface area contributed by atoms with Crippen LogP contribution >= 0.6 is 0 Å². The van der Waals surface area contributed by atoms with E-state index in [0.29, 0.717) is 0 Å². The number of benzene rings is 4. The highest BCUT2D eigenvalue weighted by Gasteiger charge is 2.09. The Kier molecular flexibility index (Phi) is 3.17. The summed E-state index contributed by atoms with van der Waals surface area (Å²) in [6, 6.07) is 33.7.